The molecule has 0 aromatic heterocycles. The minimum atomic E-state index is -0.152. The highest BCUT2D eigenvalue weighted by Gasteiger charge is 1.95. The molecule has 3 nitrogen and oxygen atoms in total. The Morgan fingerprint density at radius 1 is 0.640 bits per heavy atom. The molecule has 0 aromatic rings. The van der Waals surface area contributed by atoms with E-state index in [1.807, 2.05) is 14.1 Å². The van der Waals surface area contributed by atoms with E-state index in [4.69, 9.17) is 4.74 Å². The number of esters is 1. The summed E-state index contributed by atoms with van der Waals surface area (Å²) in [6.07, 6.45) is 22.0. The molecule has 1 N–H and O–H groups in total. The molecule has 0 amide bonds. The van der Waals surface area contributed by atoms with Crippen molar-refractivity contribution in [2.24, 2.45) is 0 Å². The fraction of sp³-hybridized carbons (Fsp3) is 0.955. The molecular formula is C22H47NO2. The third-order valence-electron chi connectivity index (χ3n) is 4.30. The lowest BCUT2D eigenvalue weighted by Gasteiger charge is -2.04. The second-order valence-corrected chi connectivity index (χ2v) is 7.14. The summed E-state index contributed by atoms with van der Waals surface area (Å²) in [7, 11) is 3.75. The van der Waals surface area contributed by atoms with E-state index in [2.05, 4.69) is 12.2 Å². The van der Waals surface area contributed by atoms with Crippen LogP contribution in [0.1, 0.15) is 117 Å². The molecule has 0 aromatic carbocycles. The Morgan fingerprint density at radius 2 is 0.920 bits per heavy atom. The van der Waals surface area contributed by atoms with Crippen LogP contribution in [0.2, 0.25) is 0 Å². The molecule has 0 aliphatic heterocycles. The lowest BCUT2D eigenvalue weighted by molar-refractivity contribution is -0.141. The number of nitrogens with one attached hydrogen (secondary N) is 1. The van der Waals surface area contributed by atoms with Gasteiger partial charge < -0.3 is 10.1 Å². The normalized spacial score (nSPS) is 10.2. The van der Waals surface area contributed by atoms with Crippen molar-refractivity contribution in [1.29, 1.82) is 0 Å². The summed E-state index contributed by atoms with van der Waals surface area (Å²) in [6.45, 7) is 4.36. The Balaban J connectivity index is 0. The standard InChI is InChI=1S/C20H40O2.C2H7N/c1-3-4-5-6-7-8-9-10-11-12-13-14-15-16-17-18-19-22-20(2)21;1-3-2/h3-19H2,1-2H3;3H,1-2H3. The molecule has 0 atom stereocenters. The van der Waals surface area contributed by atoms with Crippen LogP contribution in [-0.2, 0) is 9.53 Å². The van der Waals surface area contributed by atoms with Crippen LogP contribution in [0.4, 0.5) is 0 Å². The van der Waals surface area contributed by atoms with Crippen molar-refractivity contribution in [2.45, 2.75) is 117 Å². The number of hydrogen-bond acceptors (Lipinski definition) is 3. The lowest BCUT2D eigenvalue weighted by atomic mass is 10.0. The molecular weight excluding hydrogens is 310 g/mol. The summed E-state index contributed by atoms with van der Waals surface area (Å²) >= 11 is 0. The lowest BCUT2D eigenvalue weighted by Crippen LogP contribution is -2.00. The zero-order valence-corrected chi connectivity index (χ0v) is 17.8. The molecule has 0 aliphatic rings. The fourth-order valence-corrected chi connectivity index (χ4v) is 2.87. The van der Waals surface area contributed by atoms with Gasteiger partial charge in [-0.3, -0.25) is 4.79 Å². The average Bonchev–Trinajstić information content (AvgIpc) is 2.58. The molecule has 0 saturated heterocycles. The van der Waals surface area contributed by atoms with Crippen molar-refractivity contribution in [3.63, 3.8) is 0 Å². The highest BCUT2D eigenvalue weighted by molar-refractivity contribution is 5.65. The average molecular weight is 358 g/mol. The predicted octanol–water partition coefficient (Wildman–Crippen LogP) is 6.65. The largest absolute Gasteiger partial charge is 0.466 e. The van der Waals surface area contributed by atoms with Crippen molar-refractivity contribution in [2.75, 3.05) is 20.7 Å². The predicted molar refractivity (Wildman–Crippen MR) is 111 cm³/mol. The van der Waals surface area contributed by atoms with Gasteiger partial charge in [0.15, 0.2) is 0 Å². The van der Waals surface area contributed by atoms with Crippen molar-refractivity contribution in [3.05, 3.63) is 0 Å². The molecule has 0 fully saturated rings. The maximum absolute atomic E-state index is 10.6. The number of carbonyl (C=O) groups excluding carboxylic acids is 1. The van der Waals surface area contributed by atoms with Gasteiger partial charge in [0.05, 0.1) is 6.61 Å². The van der Waals surface area contributed by atoms with Crippen LogP contribution in [0.3, 0.4) is 0 Å². The van der Waals surface area contributed by atoms with E-state index >= 15 is 0 Å². The van der Waals surface area contributed by atoms with Gasteiger partial charge in [0, 0.05) is 6.92 Å². The van der Waals surface area contributed by atoms with Gasteiger partial charge >= 0.3 is 5.97 Å². The van der Waals surface area contributed by atoms with Gasteiger partial charge in [-0.05, 0) is 20.5 Å². The first kappa shape index (κ1) is 26.7. The molecule has 0 saturated carbocycles. The SMILES string of the molecule is CCCCCCCCCCCCCCCCCCOC(C)=O.CNC. The molecule has 25 heavy (non-hydrogen) atoms. The molecule has 0 aliphatic carbocycles. The zero-order chi connectivity index (χ0) is 19.0. The summed E-state index contributed by atoms with van der Waals surface area (Å²) < 4.78 is 4.92. The number of ether oxygens (including phenoxy) is 1. The summed E-state index contributed by atoms with van der Waals surface area (Å²) in [5.74, 6) is -0.152. The minimum Gasteiger partial charge on any atom is -0.466 e. The fourth-order valence-electron chi connectivity index (χ4n) is 2.87. The Hall–Kier alpha value is -0.570. The highest BCUT2D eigenvalue weighted by atomic mass is 16.5. The van der Waals surface area contributed by atoms with E-state index in [1.165, 1.54) is 103 Å². The van der Waals surface area contributed by atoms with Gasteiger partial charge in [-0.2, -0.15) is 0 Å². The number of carbonyl (C=O) groups is 1. The Bertz CT molecular complexity index is 244. The van der Waals surface area contributed by atoms with Crippen LogP contribution < -0.4 is 5.32 Å². The number of rotatable bonds is 17. The molecule has 0 radical (unpaired) electrons. The van der Waals surface area contributed by atoms with Crippen LogP contribution in [-0.4, -0.2) is 26.7 Å². The zero-order valence-electron chi connectivity index (χ0n) is 17.8. The summed E-state index contributed by atoms with van der Waals surface area (Å²) in [5.41, 5.74) is 0. The molecule has 0 spiro atoms. The van der Waals surface area contributed by atoms with E-state index in [1.54, 1.807) is 0 Å². The van der Waals surface area contributed by atoms with E-state index in [-0.39, 0.29) is 5.97 Å². The maximum Gasteiger partial charge on any atom is 0.302 e. The van der Waals surface area contributed by atoms with Crippen LogP contribution in [0.15, 0.2) is 0 Å². The third kappa shape index (κ3) is 31.7. The first-order valence-electron chi connectivity index (χ1n) is 10.9. The minimum absolute atomic E-state index is 0.152. The first-order valence-corrected chi connectivity index (χ1v) is 10.9. The molecule has 152 valence electrons. The monoisotopic (exact) mass is 357 g/mol. The van der Waals surface area contributed by atoms with Crippen LogP contribution in [0.25, 0.3) is 0 Å². The van der Waals surface area contributed by atoms with E-state index in [0.29, 0.717) is 6.61 Å². The van der Waals surface area contributed by atoms with Crippen LogP contribution >= 0.6 is 0 Å². The number of hydrogen-bond donors (Lipinski definition) is 1. The molecule has 0 unspecified atom stereocenters. The van der Waals surface area contributed by atoms with Crippen LogP contribution in [0.5, 0.6) is 0 Å². The van der Waals surface area contributed by atoms with E-state index in [0.717, 1.165) is 6.42 Å². The summed E-state index contributed by atoms with van der Waals surface area (Å²) in [5, 5.41) is 2.75. The van der Waals surface area contributed by atoms with Gasteiger partial charge in [-0.15, -0.1) is 0 Å². The van der Waals surface area contributed by atoms with Gasteiger partial charge in [0.2, 0.25) is 0 Å². The Kier molecular flexibility index (Phi) is 27.4. The summed E-state index contributed by atoms with van der Waals surface area (Å²) in [6, 6.07) is 0. The van der Waals surface area contributed by atoms with Gasteiger partial charge in [0.25, 0.3) is 0 Å². The van der Waals surface area contributed by atoms with Gasteiger partial charge in [-0.1, -0.05) is 103 Å². The molecule has 3 heteroatoms. The van der Waals surface area contributed by atoms with E-state index < -0.39 is 0 Å². The quantitative estimate of drug-likeness (QED) is 0.234. The van der Waals surface area contributed by atoms with Crippen LogP contribution in [0, 0.1) is 0 Å². The van der Waals surface area contributed by atoms with E-state index in [9.17, 15) is 4.79 Å². The Labute approximate surface area is 158 Å². The Morgan fingerprint density at radius 3 is 1.20 bits per heavy atom. The van der Waals surface area contributed by atoms with Crippen molar-refractivity contribution >= 4 is 5.97 Å². The highest BCUT2D eigenvalue weighted by Crippen LogP contribution is 2.13. The first-order chi connectivity index (χ1) is 12.2. The molecule has 0 rings (SSSR count). The van der Waals surface area contributed by atoms with Gasteiger partial charge in [-0.25, -0.2) is 0 Å². The van der Waals surface area contributed by atoms with Crippen molar-refractivity contribution in [1.82, 2.24) is 5.32 Å². The third-order valence-corrected chi connectivity index (χ3v) is 4.30. The second-order valence-electron chi connectivity index (χ2n) is 7.14. The molecule has 0 bridgehead atoms. The van der Waals surface area contributed by atoms with Gasteiger partial charge in [0.1, 0.15) is 0 Å². The topological polar surface area (TPSA) is 38.3 Å². The van der Waals surface area contributed by atoms with Crippen molar-refractivity contribution in [3.8, 4) is 0 Å². The smallest absolute Gasteiger partial charge is 0.302 e. The van der Waals surface area contributed by atoms with Crippen molar-refractivity contribution < 1.29 is 9.53 Å². The molecule has 0 heterocycles. The number of unbranched alkanes of at least 4 members (excludes halogenated alkanes) is 15. The maximum atomic E-state index is 10.6. The summed E-state index contributed by atoms with van der Waals surface area (Å²) in [4.78, 5) is 10.6. The second kappa shape index (κ2) is 25.7.